The third kappa shape index (κ3) is 3.33. The van der Waals surface area contributed by atoms with Gasteiger partial charge in [-0.2, -0.15) is 5.26 Å². The first kappa shape index (κ1) is 18.1. The number of nitrogens with zero attached hydrogens (tertiary/aromatic N) is 3. The summed E-state index contributed by atoms with van der Waals surface area (Å²) in [6.07, 6.45) is 3.47. The van der Waals surface area contributed by atoms with Crippen molar-refractivity contribution in [1.82, 2.24) is 15.2 Å². The molecule has 0 bridgehead atoms. The molecule has 1 aromatic carbocycles. The van der Waals surface area contributed by atoms with Gasteiger partial charge in [0.05, 0.1) is 10.4 Å². The lowest BCUT2D eigenvalue weighted by Gasteiger charge is -2.21. The minimum absolute atomic E-state index is 0.354. The molecule has 132 valence electrons. The summed E-state index contributed by atoms with van der Waals surface area (Å²) < 4.78 is 7.61. The molecule has 4 rings (SSSR count). The van der Waals surface area contributed by atoms with Gasteiger partial charge in [0.2, 0.25) is 0 Å². The van der Waals surface area contributed by atoms with Crippen molar-refractivity contribution in [2.75, 3.05) is 13.2 Å². The zero-order valence-corrected chi connectivity index (χ0v) is 18.2. The Bertz CT molecular complexity index is 974. The lowest BCUT2D eigenvalue weighted by Crippen LogP contribution is -2.13. The van der Waals surface area contributed by atoms with E-state index in [2.05, 4.69) is 71.9 Å². The normalized spacial score (nSPS) is 15.1. The minimum Gasteiger partial charge on any atom is -0.381 e. The summed E-state index contributed by atoms with van der Waals surface area (Å²) in [4.78, 5) is 5.21. The molecule has 1 fully saturated rings. The van der Waals surface area contributed by atoms with Gasteiger partial charge in [-0.25, -0.2) is 0 Å². The molecule has 26 heavy (non-hydrogen) atoms. The number of ether oxygens (including phenoxy) is 1. The second-order valence-corrected chi connectivity index (χ2v) is 9.14. The van der Waals surface area contributed by atoms with Crippen LogP contribution in [0.25, 0.3) is 21.8 Å². The van der Waals surface area contributed by atoms with Crippen LogP contribution in [0, 0.1) is 14.9 Å². The van der Waals surface area contributed by atoms with Crippen molar-refractivity contribution in [1.29, 1.82) is 5.26 Å². The zero-order chi connectivity index (χ0) is 18.1. The number of halogens is 2. The van der Waals surface area contributed by atoms with E-state index in [0.29, 0.717) is 11.7 Å². The first-order valence-corrected chi connectivity index (χ1v) is 10.8. The second kappa shape index (κ2) is 7.76. The van der Waals surface area contributed by atoms with E-state index in [9.17, 15) is 5.26 Å². The van der Waals surface area contributed by atoms with Gasteiger partial charge in [-0.05, 0) is 59.0 Å². The van der Waals surface area contributed by atoms with Crippen molar-refractivity contribution in [2.45, 2.75) is 18.8 Å². The van der Waals surface area contributed by atoms with Crippen LogP contribution in [0.1, 0.15) is 29.2 Å². The summed E-state index contributed by atoms with van der Waals surface area (Å²) in [5, 5.41) is 18.2. The van der Waals surface area contributed by atoms with Crippen LogP contribution in [0.15, 0.2) is 29.0 Å². The molecule has 0 atom stereocenters. The number of hydrogen-bond acceptors (Lipinski definition) is 5. The van der Waals surface area contributed by atoms with Crippen LogP contribution in [-0.4, -0.2) is 28.4 Å². The van der Waals surface area contributed by atoms with E-state index in [-0.39, 0.29) is 0 Å². The smallest absolute Gasteiger partial charge is 0.171 e. The number of thiophene rings is 1. The first-order valence-electron chi connectivity index (χ1n) is 8.15. The Labute approximate surface area is 177 Å². The third-order valence-electron chi connectivity index (χ3n) is 4.47. The molecule has 0 spiro atoms. The number of aromatic nitrogens is 3. The topological polar surface area (TPSA) is 74.6 Å². The maximum Gasteiger partial charge on any atom is 0.171 e. The molecule has 8 heteroatoms. The number of nitriles is 1. The number of benzene rings is 1. The molecule has 0 saturated carbocycles. The highest BCUT2D eigenvalue weighted by molar-refractivity contribution is 14.1. The Kier molecular flexibility index (Phi) is 5.40. The highest BCUT2D eigenvalue weighted by Crippen LogP contribution is 2.47. The van der Waals surface area contributed by atoms with Gasteiger partial charge in [-0.3, -0.25) is 0 Å². The largest absolute Gasteiger partial charge is 0.381 e. The zero-order valence-electron chi connectivity index (χ0n) is 13.6. The van der Waals surface area contributed by atoms with E-state index >= 15 is 0 Å². The molecule has 1 aliphatic heterocycles. The first-order chi connectivity index (χ1) is 12.7. The van der Waals surface area contributed by atoms with Gasteiger partial charge in [0, 0.05) is 31.7 Å². The van der Waals surface area contributed by atoms with Crippen molar-refractivity contribution < 1.29 is 4.74 Å². The molecule has 5 nitrogen and oxygen atoms in total. The Morgan fingerprint density at radius 3 is 2.81 bits per heavy atom. The predicted molar refractivity (Wildman–Crippen MR) is 113 cm³/mol. The summed E-state index contributed by atoms with van der Waals surface area (Å²) in [7, 11) is 0. The lowest BCUT2D eigenvalue weighted by atomic mass is 9.92. The number of H-pyrrole nitrogens is 1. The van der Waals surface area contributed by atoms with Crippen LogP contribution in [-0.2, 0) is 4.74 Å². The van der Waals surface area contributed by atoms with Crippen LogP contribution in [0.2, 0.25) is 0 Å². The summed E-state index contributed by atoms with van der Waals surface area (Å²) in [5.74, 6) is 1.06. The van der Waals surface area contributed by atoms with Gasteiger partial charge < -0.3 is 9.72 Å². The van der Waals surface area contributed by atoms with Crippen molar-refractivity contribution >= 4 is 49.9 Å². The van der Waals surface area contributed by atoms with Crippen LogP contribution in [0.4, 0.5) is 0 Å². The van der Waals surface area contributed by atoms with Gasteiger partial charge >= 0.3 is 0 Å². The molecule has 3 heterocycles. The second-order valence-electron chi connectivity index (χ2n) is 6.01. The van der Waals surface area contributed by atoms with Crippen LogP contribution < -0.4 is 0 Å². The van der Waals surface area contributed by atoms with E-state index in [1.807, 2.05) is 6.07 Å². The van der Waals surface area contributed by atoms with E-state index in [1.165, 1.54) is 0 Å². The fourth-order valence-electron chi connectivity index (χ4n) is 3.24. The average Bonchev–Trinajstić information content (AvgIpc) is 3.30. The van der Waals surface area contributed by atoms with Crippen LogP contribution >= 0.6 is 49.9 Å². The van der Waals surface area contributed by atoms with Crippen molar-refractivity contribution in [3.05, 3.63) is 43.0 Å². The van der Waals surface area contributed by atoms with E-state index in [0.717, 1.165) is 60.5 Å². The molecular weight excluding hydrogens is 527 g/mol. The Morgan fingerprint density at radius 2 is 2.15 bits per heavy atom. The molecule has 3 aromatic rings. The van der Waals surface area contributed by atoms with Crippen molar-refractivity contribution in [3.63, 3.8) is 0 Å². The SMILES string of the molecule is N#Cc1c(C2CCOCC2)sc(-c2nnc[nH]2)c1-c1ccc(Br)cc1I. The van der Waals surface area contributed by atoms with Gasteiger partial charge in [0.1, 0.15) is 12.4 Å². The minimum atomic E-state index is 0.354. The standard InChI is InChI=1S/C18H14BrIN4OS/c19-11-1-2-12(14(20)7-11)15-13(8-21)16(10-3-5-25-6-4-10)26-17(15)18-22-9-23-24-18/h1-2,7,9-10H,3-6H2,(H,22,23,24). The number of hydrogen-bond donors (Lipinski definition) is 1. The molecular formula is C18H14BrIN4OS. The van der Waals surface area contributed by atoms with Gasteiger partial charge in [0.15, 0.2) is 5.82 Å². The fraction of sp³-hybridized carbons (Fsp3) is 0.278. The number of aromatic amines is 1. The highest BCUT2D eigenvalue weighted by atomic mass is 127. The molecule has 1 aliphatic rings. The summed E-state index contributed by atoms with van der Waals surface area (Å²) in [5.41, 5.74) is 2.76. The molecule has 1 N–H and O–H groups in total. The molecule has 0 radical (unpaired) electrons. The maximum atomic E-state index is 10.0. The van der Waals surface area contributed by atoms with Crippen molar-refractivity contribution in [3.8, 4) is 27.9 Å². The lowest BCUT2D eigenvalue weighted by molar-refractivity contribution is 0.0860. The summed E-state index contributed by atoms with van der Waals surface area (Å²) in [6, 6.07) is 8.61. The maximum absolute atomic E-state index is 10.0. The predicted octanol–water partition coefficient (Wildman–Crippen LogP) is 5.33. The van der Waals surface area contributed by atoms with Crippen LogP contribution in [0.5, 0.6) is 0 Å². The Balaban J connectivity index is 1.95. The Morgan fingerprint density at radius 1 is 1.35 bits per heavy atom. The fourth-order valence-corrected chi connectivity index (χ4v) is 6.20. The molecule has 0 unspecified atom stereocenters. The molecule has 2 aromatic heterocycles. The van der Waals surface area contributed by atoms with E-state index in [4.69, 9.17) is 4.74 Å². The monoisotopic (exact) mass is 540 g/mol. The average molecular weight is 541 g/mol. The van der Waals surface area contributed by atoms with E-state index in [1.54, 1.807) is 17.7 Å². The summed E-state index contributed by atoms with van der Waals surface area (Å²) in [6.45, 7) is 1.49. The Hall–Kier alpha value is -1.28. The number of nitrogens with one attached hydrogen (secondary N) is 1. The van der Waals surface area contributed by atoms with Crippen LogP contribution in [0.3, 0.4) is 0 Å². The van der Waals surface area contributed by atoms with Gasteiger partial charge in [-0.15, -0.1) is 21.5 Å². The highest BCUT2D eigenvalue weighted by Gasteiger charge is 2.28. The quantitative estimate of drug-likeness (QED) is 0.455. The van der Waals surface area contributed by atoms with Crippen molar-refractivity contribution in [2.24, 2.45) is 0 Å². The van der Waals surface area contributed by atoms with Gasteiger partial charge in [-0.1, -0.05) is 22.0 Å². The third-order valence-corrected chi connectivity index (χ3v) is 7.22. The van der Waals surface area contributed by atoms with Gasteiger partial charge in [0.25, 0.3) is 0 Å². The number of rotatable bonds is 3. The molecule has 1 saturated heterocycles. The molecule has 0 amide bonds. The van der Waals surface area contributed by atoms with E-state index < -0.39 is 0 Å². The molecule has 0 aliphatic carbocycles. The summed E-state index contributed by atoms with van der Waals surface area (Å²) >= 11 is 7.50.